The minimum atomic E-state index is -0.764. The second-order valence-corrected chi connectivity index (χ2v) is 8.60. The van der Waals surface area contributed by atoms with Crippen LogP contribution < -0.4 is 0 Å². The maximum absolute atomic E-state index is 10.8. The Bertz CT molecular complexity index is 670. The van der Waals surface area contributed by atoms with Gasteiger partial charge in [0.05, 0.1) is 25.4 Å². The summed E-state index contributed by atoms with van der Waals surface area (Å²) in [4.78, 5) is 10.6. The molecule has 5 unspecified atom stereocenters. The number of hydrogen-bond acceptors (Lipinski definition) is 5. The zero-order valence-corrected chi connectivity index (χ0v) is 18.2. The van der Waals surface area contributed by atoms with E-state index in [4.69, 9.17) is 19.3 Å². The number of carboxylic acid groups (broad SMARTS) is 1. The summed E-state index contributed by atoms with van der Waals surface area (Å²) in [6.07, 6.45) is 9.35. The van der Waals surface area contributed by atoms with Crippen LogP contribution in [0.2, 0.25) is 0 Å². The number of carbonyl (C=O) groups is 1. The van der Waals surface area contributed by atoms with Gasteiger partial charge in [-0.2, -0.15) is 0 Å². The third-order valence-corrected chi connectivity index (χ3v) is 6.22. The average Bonchev–Trinajstić information content (AvgIpc) is 3.06. The normalized spacial score (nSPS) is 28.9. The van der Waals surface area contributed by atoms with Gasteiger partial charge in [-0.05, 0) is 50.0 Å². The predicted octanol–water partition coefficient (Wildman–Crippen LogP) is 4.31. The van der Waals surface area contributed by atoms with Crippen molar-refractivity contribution in [1.29, 1.82) is 0 Å². The van der Waals surface area contributed by atoms with Crippen LogP contribution in [-0.2, 0) is 25.6 Å². The zero-order chi connectivity index (χ0) is 21.9. The van der Waals surface area contributed by atoms with Crippen LogP contribution in [0, 0.1) is 11.8 Å². The highest BCUT2D eigenvalue weighted by atomic mass is 16.7. The number of aliphatic hydroxyl groups is 1. The van der Waals surface area contributed by atoms with Crippen LogP contribution in [0.15, 0.2) is 42.5 Å². The van der Waals surface area contributed by atoms with Gasteiger partial charge in [0.15, 0.2) is 6.29 Å². The molecule has 1 heterocycles. The lowest BCUT2D eigenvalue weighted by Gasteiger charge is -2.30. The number of benzene rings is 1. The standard InChI is InChI=1S/C25H36O6/c26-22-16-23(31-25-14-8-9-15-30-25)21(18-29-17-19-10-4-3-5-11-19)20(22)12-6-1-2-7-13-24(27)28/h1,3-6,10-11,20-23,25-26H,2,7-9,12-18H2,(H,27,28). The first kappa shape index (κ1) is 23.9. The molecule has 0 bridgehead atoms. The highest BCUT2D eigenvalue weighted by molar-refractivity contribution is 5.66. The topological polar surface area (TPSA) is 85.2 Å². The molecular formula is C25H36O6. The molecule has 0 spiro atoms. The fraction of sp³-hybridized carbons (Fsp3) is 0.640. The van der Waals surface area contributed by atoms with Crippen molar-refractivity contribution >= 4 is 5.97 Å². The Balaban J connectivity index is 1.55. The molecule has 172 valence electrons. The van der Waals surface area contributed by atoms with Gasteiger partial charge in [0.1, 0.15) is 0 Å². The molecule has 2 aliphatic rings. The van der Waals surface area contributed by atoms with E-state index >= 15 is 0 Å². The number of allylic oxidation sites excluding steroid dienone is 2. The first-order chi connectivity index (χ1) is 15.1. The Labute approximate surface area is 185 Å². The molecule has 1 aromatic carbocycles. The molecule has 2 fully saturated rings. The number of unbranched alkanes of at least 4 members (excludes halogenated alkanes) is 1. The van der Waals surface area contributed by atoms with E-state index in [2.05, 4.69) is 6.08 Å². The Kier molecular flexibility index (Phi) is 10.0. The predicted molar refractivity (Wildman–Crippen MR) is 117 cm³/mol. The van der Waals surface area contributed by atoms with Gasteiger partial charge in [0, 0.05) is 25.4 Å². The van der Waals surface area contributed by atoms with E-state index in [1.165, 1.54) is 0 Å². The van der Waals surface area contributed by atoms with Crippen LogP contribution in [0.5, 0.6) is 0 Å². The van der Waals surface area contributed by atoms with Crippen LogP contribution in [0.3, 0.4) is 0 Å². The third-order valence-electron chi connectivity index (χ3n) is 6.22. The van der Waals surface area contributed by atoms with Gasteiger partial charge in [0.25, 0.3) is 0 Å². The maximum Gasteiger partial charge on any atom is 0.303 e. The number of carboxylic acids is 1. The quantitative estimate of drug-likeness (QED) is 0.378. The molecule has 1 aliphatic heterocycles. The molecule has 0 aromatic heterocycles. The first-order valence-electron chi connectivity index (χ1n) is 11.6. The summed E-state index contributed by atoms with van der Waals surface area (Å²) in [6, 6.07) is 10.1. The van der Waals surface area contributed by atoms with Gasteiger partial charge in [-0.15, -0.1) is 0 Å². The van der Waals surface area contributed by atoms with Gasteiger partial charge >= 0.3 is 5.97 Å². The lowest BCUT2D eigenvalue weighted by molar-refractivity contribution is -0.199. The second-order valence-electron chi connectivity index (χ2n) is 8.60. The Hall–Kier alpha value is -1.73. The van der Waals surface area contributed by atoms with Gasteiger partial charge in [0.2, 0.25) is 0 Å². The molecule has 6 nitrogen and oxygen atoms in total. The van der Waals surface area contributed by atoms with Crippen LogP contribution in [0.1, 0.15) is 56.9 Å². The molecule has 6 heteroatoms. The van der Waals surface area contributed by atoms with Gasteiger partial charge in [-0.3, -0.25) is 4.79 Å². The Morgan fingerprint density at radius 3 is 2.74 bits per heavy atom. The summed E-state index contributed by atoms with van der Waals surface area (Å²) in [7, 11) is 0. The Morgan fingerprint density at radius 2 is 2.00 bits per heavy atom. The lowest BCUT2D eigenvalue weighted by atomic mass is 9.91. The van der Waals surface area contributed by atoms with Crippen molar-refractivity contribution in [3.63, 3.8) is 0 Å². The molecule has 1 saturated heterocycles. The summed E-state index contributed by atoms with van der Waals surface area (Å²) in [5, 5.41) is 19.5. The summed E-state index contributed by atoms with van der Waals surface area (Å²) < 4.78 is 18.1. The highest BCUT2D eigenvalue weighted by Crippen LogP contribution is 2.39. The van der Waals surface area contributed by atoms with Crippen molar-refractivity contribution in [2.45, 2.75) is 76.5 Å². The van der Waals surface area contributed by atoms with E-state index in [1.807, 2.05) is 36.4 Å². The highest BCUT2D eigenvalue weighted by Gasteiger charge is 2.43. The van der Waals surface area contributed by atoms with Crippen LogP contribution in [-0.4, -0.2) is 47.9 Å². The van der Waals surface area contributed by atoms with E-state index < -0.39 is 12.1 Å². The molecule has 0 amide bonds. The fourth-order valence-corrected chi connectivity index (χ4v) is 4.51. The summed E-state index contributed by atoms with van der Waals surface area (Å²) in [6.45, 7) is 1.80. The average molecular weight is 433 g/mol. The third kappa shape index (κ3) is 8.04. The SMILES string of the molecule is O=C(O)CCCC=CCC1C(O)CC(OC2CCCCO2)C1COCc1ccccc1. The molecule has 0 radical (unpaired) electrons. The van der Waals surface area contributed by atoms with Crippen molar-refractivity contribution < 1.29 is 29.2 Å². The lowest BCUT2D eigenvalue weighted by Crippen LogP contribution is -2.33. The number of ether oxygens (including phenoxy) is 3. The molecule has 1 aromatic rings. The molecule has 2 N–H and O–H groups in total. The van der Waals surface area contributed by atoms with E-state index in [-0.39, 0.29) is 30.7 Å². The smallest absolute Gasteiger partial charge is 0.303 e. The molecule has 3 rings (SSSR count). The van der Waals surface area contributed by atoms with Crippen LogP contribution >= 0.6 is 0 Å². The minimum Gasteiger partial charge on any atom is -0.481 e. The monoisotopic (exact) mass is 432 g/mol. The number of aliphatic carboxylic acids is 1. The summed E-state index contributed by atoms with van der Waals surface area (Å²) in [5.74, 6) is -0.617. The molecule has 5 atom stereocenters. The molecule has 1 aliphatic carbocycles. The van der Waals surface area contributed by atoms with E-state index in [9.17, 15) is 9.90 Å². The van der Waals surface area contributed by atoms with E-state index in [0.717, 1.165) is 44.3 Å². The second kappa shape index (κ2) is 13.0. The van der Waals surface area contributed by atoms with Crippen molar-refractivity contribution in [1.82, 2.24) is 0 Å². The largest absolute Gasteiger partial charge is 0.481 e. The van der Waals surface area contributed by atoms with Gasteiger partial charge in [-0.25, -0.2) is 0 Å². The number of aliphatic hydroxyl groups excluding tert-OH is 1. The van der Waals surface area contributed by atoms with E-state index in [0.29, 0.717) is 26.1 Å². The summed E-state index contributed by atoms with van der Waals surface area (Å²) in [5.41, 5.74) is 1.13. The molecule has 1 saturated carbocycles. The van der Waals surface area contributed by atoms with Gasteiger partial charge < -0.3 is 24.4 Å². The number of rotatable bonds is 12. The fourth-order valence-electron chi connectivity index (χ4n) is 4.51. The summed E-state index contributed by atoms with van der Waals surface area (Å²) >= 11 is 0. The van der Waals surface area contributed by atoms with Crippen molar-refractivity contribution in [2.24, 2.45) is 11.8 Å². The van der Waals surface area contributed by atoms with E-state index in [1.54, 1.807) is 0 Å². The van der Waals surface area contributed by atoms with Crippen LogP contribution in [0.4, 0.5) is 0 Å². The minimum absolute atomic E-state index is 0.0556. The number of hydrogen-bond donors (Lipinski definition) is 2. The van der Waals surface area contributed by atoms with Crippen molar-refractivity contribution in [3.8, 4) is 0 Å². The molecule has 31 heavy (non-hydrogen) atoms. The molecular weight excluding hydrogens is 396 g/mol. The zero-order valence-electron chi connectivity index (χ0n) is 18.2. The van der Waals surface area contributed by atoms with Crippen LogP contribution in [0.25, 0.3) is 0 Å². The first-order valence-corrected chi connectivity index (χ1v) is 11.6. The van der Waals surface area contributed by atoms with Crippen molar-refractivity contribution in [3.05, 3.63) is 48.0 Å². The maximum atomic E-state index is 10.8. The Morgan fingerprint density at radius 1 is 1.16 bits per heavy atom. The van der Waals surface area contributed by atoms with Gasteiger partial charge in [-0.1, -0.05) is 42.5 Å². The van der Waals surface area contributed by atoms with Crippen molar-refractivity contribution in [2.75, 3.05) is 13.2 Å².